The molecule has 1 fully saturated rings. The fraction of sp³-hybridized carbons (Fsp3) is 0.150. The van der Waals surface area contributed by atoms with Gasteiger partial charge in [-0.05, 0) is 36.4 Å². The summed E-state index contributed by atoms with van der Waals surface area (Å²) in [5.74, 6) is 1.70. The number of para-hydroxylation sites is 1. The standard InChI is InChI=1S/C20H18N6O2/c21-18-17-19(24-12-23-18)26(14-10-22-11-14)20(27)25(17)13-6-8-16(9-7-13)28-15-4-2-1-3-5-15/h1-9,12,14,22H,10-11H2,(H2,21,23,24). The molecule has 2 aromatic heterocycles. The minimum atomic E-state index is -0.176. The fourth-order valence-electron chi connectivity index (χ4n) is 3.38. The molecule has 1 aliphatic heterocycles. The first kappa shape index (κ1) is 16.5. The third kappa shape index (κ3) is 2.62. The van der Waals surface area contributed by atoms with Crippen LogP contribution in [0.15, 0.2) is 65.7 Å². The normalized spacial score (nSPS) is 14.1. The molecule has 8 nitrogen and oxygen atoms in total. The molecular formula is C20H18N6O2. The van der Waals surface area contributed by atoms with Crippen molar-refractivity contribution in [2.45, 2.75) is 6.04 Å². The van der Waals surface area contributed by atoms with Crippen LogP contribution in [-0.4, -0.2) is 32.2 Å². The Balaban J connectivity index is 1.59. The van der Waals surface area contributed by atoms with Crippen LogP contribution >= 0.6 is 0 Å². The first-order valence-corrected chi connectivity index (χ1v) is 9.00. The molecule has 0 saturated carbocycles. The first-order chi connectivity index (χ1) is 13.7. The lowest BCUT2D eigenvalue weighted by atomic mass is 10.2. The van der Waals surface area contributed by atoms with Crippen molar-refractivity contribution in [3.05, 3.63) is 71.4 Å². The SMILES string of the molecule is Nc1ncnc2c1n(-c1ccc(Oc3ccccc3)cc1)c(=O)n2C1CNC1. The number of nitrogens with zero attached hydrogens (tertiary/aromatic N) is 4. The second kappa shape index (κ2) is 6.50. The van der Waals surface area contributed by atoms with E-state index < -0.39 is 0 Å². The van der Waals surface area contributed by atoms with E-state index in [4.69, 9.17) is 10.5 Å². The van der Waals surface area contributed by atoms with Gasteiger partial charge in [0.25, 0.3) is 0 Å². The van der Waals surface area contributed by atoms with Gasteiger partial charge < -0.3 is 15.8 Å². The van der Waals surface area contributed by atoms with E-state index >= 15 is 0 Å². The number of nitrogens with one attached hydrogen (secondary N) is 1. The molecule has 140 valence electrons. The van der Waals surface area contributed by atoms with E-state index in [1.807, 2.05) is 54.6 Å². The summed E-state index contributed by atoms with van der Waals surface area (Å²) < 4.78 is 9.09. The van der Waals surface area contributed by atoms with Gasteiger partial charge in [0.2, 0.25) is 0 Å². The molecule has 0 amide bonds. The van der Waals surface area contributed by atoms with Crippen molar-refractivity contribution < 1.29 is 4.74 Å². The molecule has 0 unspecified atom stereocenters. The Labute approximate surface area is 160 Å². The molecule has 28 heavy (non-hydrogen) atoms. The maximum Gasteiger partial charge on any atom is 0.335 e. The zero-order chi connectivity index (χ0) is 19.1. The molecule has 4 aromatic rings. The summed E-state index contributed by atoms with van der Waals surface area (Å²) >= 11 is 0. The predicted molar refractivity (Wildman–Crippen MR) is 106 cm³/mol. The van der Waals surface area contributed by atoms with Gasteiger partial charge in [0.1, 0.15) is 23.3 Å². The van der Waals surface area contributed by atoms with Gasteiger partial charge in [0, 0.05) is 13.1 Å². The fourth-order valence-corrected chi connectivity index (χ4v) is 3.38. The molecule has 1 aliphatic rings. The highest BCUT2D eigenvalue weighted by Crippen LogP contribution is 2.26. The van der Waals surface area contributed by atoms with Crippen molar-refractivity contribution >= 4 is 17.0 Å². The molecule has 0 radical (unpaired) electrons. The van der Waals surface area contributed by atoms with E-state index in [9.17, 15) is 4.79 Å². The van der Waals surface area contributed by atoms with Crippen molar-refractivity contribution in [3.8, 4) is 17.2 Å². The van der Waals surface area contributed by atoms with Gasteiger partial charge in [-0.3, -0.25) is 9.13 Å². The largest absolute Gasteiger partial charge is 0.457 e. The van der Waals surface area contributed by atoms with E-state index in [0.717, 1.165) is 18.8 Å². The molecule has 0 bridgehead atoms. The first-order valence-electron chi connectivity index (χ1n) is 9.00. The topological polar surface area (TPSA) is 100.0 Å². The highest BCUT2D eigenvalue weighted by Gasteiger charge is 2.27. The molecule has 5 rings (SSSR count). The number of nitrogen functional groups attached to an aromatic ring is 1. The maximum absolute atomic E-state index is 13.2. The number of imidazole rings is 1. The summed E-state index contributed by atoms with van der Waals surface area (Å²) in [6.45, 7) is 1.46. The van der Waals surface area contributed by atoms with Crippen LogP contribution in [0.5, 0.6) is 11.5 Å². The van der Waals surface area contributed by atoms with Gasteiger partial charge in [-0.25, -0.2) is 14.8 Å². The number of hydrogen-bond donors (Lipinski definition) is 2. The number of ether oxygens (including phenoxy) is 1. The Morgan fingerprint density at radius 2 is 1.71 bits per heavy atom. The number of benzene rings is 2. The zero-order valence-corrected chi connectivity index (χ0v) is 14.9. The Morgan fingerprint density at radius 3 is 2.39 bits per heavy atom. The van der Waals surface area contributed by atoms with Gasteiger partial charge in [-0.15, -0.1) is 0 Å². The zero-order valence-electron chi connectivity index (χ0n) is 14.9. The number of anilines is 1. The number of rotatable bonds is 4. The Bertz CT molecular complexity index is 1190. The number of nitrogens with two attached hydrogens (primary N) is 1. The smallest absolute Gasteiger partial charge is 0.335 e. The van der Waals surface area contributed by atoms with E-state index in [1.165, 1.54) is 6.33 Å². The van der Waals surface area contributed by atoms with Gasteiger partial charge in [-0.1, -0.05) is 18.2 Å². The van der Waals surface area contributed by atoms with Crippen LogP contribution in [0.3, 0.4) is 0 Å². The molecule has 0 aliphatic carbocycles. The van der Waals surface area contributed by atoms with Gasteiger partial charge in [0.05, 0.1) is 11.7 Å². The molecule has 0 atom stereocenters. The average Bonchev–Trinajstić information content (AvgIpc) is 2.96. The molecule has 2 aromatic carbocycles. The van der Waals surface area contributed by atoms with Crippen molar-refractivity contribution in [2.75, 3.05) is 18.8 Å². The van der Waals surface area contributed by atoms with E-state index in [0.29, 0.717) is 22.6 Å². The van der Waals surface area contributed by atoms with Crippen LogP contribution in [0.4, 0.5) is 5.82 Å². The summed E-state index contributed by atoms with van der Waals surface area (Å²) in [4.78, 5) is 21.6. The molecule has 3 heterocycles. The lowest BCUT2D eigenvalue weighted by Gasteiger charge is -2.27. The Hall–Kier alpha value is -3.65. The maximum atomic E-state index is 13.2. The second-order valence-corrected chi connectivity index (χ2v) is 6.64. The lowest BCUT2D eigenvalue weighted by molar-refractivity contribution is 0.341. The number of aromatic nitrogens is 4. The highest BCUT2D eigenvalue weighted by atomic mass is 16.5. The molecule has 0 spiro atoms. The van der Waals surface area contributed by atoms with Gasteiger partial charge >= 0.3 is 5.69 Å². The minimum absolute atomic E-state index is 0.0613. The third-order valence-electron chi connectivity index (χ3n) is 4.88. The van der Waals surface area contributed by atoms with Crippen molar-refractivity contribution in [3.63, 3.8) is 0 Å². The minimum Gasteiger partial charge on any atom is -0.457 e. The van der Waals surface area contributed by atoms with E-state index in [2.05, 4.69) is 15.3 Å². The lowest BCUT2D eigenvalue weighted by Crippen LogP contribution is -2.47. The van der Waals surface area contributed by atoms with Gasteiger partial charge in [0.15, 0.2) is 11.5 Å². The van der Waals surface area contributed by atoms with Crippen molar-refractivity contribution in [1.82, 2.24) is 24.4 Å². The van der Waals surface area contributed by atoms with Crippen molar-refractivity contribution in [1.29, 1.82) is 0 Å². The summed E-state index contributed by atoms with van der Waals surface area (Å²) in [5, 5.41) is 3.19. The second-order valence-electron chi connectivity index (χ2n) is 6.64. The van der Waals surface area contributed by atoms with Gasteiger partial charge in [-0.2, -0.15) is 0 Å². The van der Waals surface area contributed by atoms with Crippen LogP contribution in [0.25, 0.3) is 16.9 Å². The Kier molecular flexibility index (Phi) is 3.84. The summed E-state index contributed by atoms with van der Waals surface area (Å²) in [7, 11) is 0. The van der Waals surface area contributed by atoms with Crippen LogP contribution < -0.4 is 21.5 Å². The van der Waals surface area contributed by atoms with Crippen LogP contribution in [0.2, 0.25) is 0 Å². The number of fused-ring (bicyclic) bond motifs is 1. The average molecular weight is 374 g/mol. The summed E-state index contributed by atoms with van der Waals surface area (Å²) in [6, 6.07) is 16.9. The highest BCUT2D eigenvalue weighted by molar-refractivity contribution is 5.84. The molecule has 8 heteroatoms. The van der Waals surface area contributed by atoms with Crippen LogP contribution in [0, 0.1) is 0 Å². The van der Waals surface area contributed by atoms with Crippen molar-refractivity contribution in [2.24, 2.45) is 0 Å². The Morgan fingerprint density at radius 1 is 1.00 bits per heavy atom. The van der Waals surface area contributed by atoms with E-state index in [-0.39, 0.29) is 17.5 Å². The third-order valence-corrected chi connectivity index (χ3v) is 4.88. The van der Waals surface area contributed by atoms with Crippen LogP contribution in [0.1, 0.15) is 6.04 Å². The van der Waals surface area contributed by atoms with E-state index in [1.54, 1.807) is 9.13 Å². The van der Waals surface area contributed by atoms with Crippen LogP contribution in [-0.2, 0) is 0 Å². The summed E-state index contributed by atoms with van der Waals surface area (Å²) in [5.41, 5.74) is 7.69. The monoisotopic (exact) mass is 374 g/mol. The molecular weight excluding hydrogens is 356 g/mol. The molecule has 1 saturated heterocycles. The molecule has 3 N–H and O–H groups in total. The summed E-state index contributed by atoms with van der Waals surface area (Å²) in [6.07, 6.45) is 1.39. The quantitative estimate of drug-likeness (QED) is 0.567. The number of hydrogen-bond acceptors (Lipinski definition) is 6. The predicted octanol–water partition coefficient (Wildman–Crippen LogP) is 2.10.